The molecule has 0 radical (unpaired) electrons. The molecule has 1 atom stereocenters. The van der Waals surface area contributed by atoms with Crippen LogP contribution in [0.3, 0.4) is 0 Å². The second kappa shape index (κ2) is 5.58. The third-order valence-electron chi connectivity index (χ3n) is 2.22. The Bertz CT molecular complexity index is 354. The van der Waals surface area contributed by atoms with Crippen molar-refractivity contribution < 1.29 is 14.3 Å². The first kappa shape index (κ1) is 12.6. The number of rotatable bonds is 4. The Morgan fingerprint density at radius 3 is 2.56 bits per heavy atom. The fraction of sp³-hybridized carbons (Fsp3) is 0.364. The molecule has 0 fully saturated rings. The number of aliphatic hydroxyl groups is 1. The van der Waals surface area contributed by atoms with E-state index in [1.807, 2.05) is 0 Å². The van der Waals surface area contributed by atoms with Crippen LogP contribution < -0.4 is 5.73 Å². The first-order valence-electron chi connectivity index (χ1n) is 4.92. The Kier molecular flexibility index (Phi) is 4.39. The minimum absolute atomic E-state index is 0.105. The molecule has 0 aliphatic carbocycles. The smallest absolute Gasteiger partial charge is 0.252 e. The highest BCUT2D eigenvalue weighted by atomic mass is 19.1. The number of amides is 1. The molecule has 5 heteroatoms. The molecule has 1 rings (SSSR count). The summed E-state index contributed by atoms with van der Waals surface area (Å²) in [4.78, 5) is 12.8. The number of aliphatic hydroxyl groups excluding tert-OH is 1. The van der Waals surface area contributed by atoms with Crippen LogP contribution in [0.25, 0.3) is 0 Å². The number of nitrogens with zero attached hydrogens (tertiary/aromatic N) is 1. The number of likely N-dealkylation sites (N-methyl/N-ethyl adjacent to an activating group) is 1. The number of carbonyl (C=O) groups excluding carboxylic acids is 1. The fourth-order valence-corrected chi connectivity index (χ4v) is 1.30. The summed E-state index contributed by atoms with van der Waals surface area (Å²) in [5, 5.41) is 9.24. The fourth-order valence-electron chi connectivity index (χ4n) is 1.30. The minimum Gasteiger partial charge on any atom is -0.382 e. The highest BCUT2D eigenvalue weighted by molar-refractivity contribution is 5.80. The summed E-state index contributed by atoms with van der Waals surface area (Å²) >= 11 is 0. The van der Waals surface area contributed by atoms with E-state index in [0.717, 1.165) is 5.56 Å². The number of carbonyl (C=O) groups is 1. The van der Waals surface area contributed by atoms with E-state index >= 15 is 0 Å². The Balaban J connectivity index is 2.60. The number of nitrogens with two attached hydrogens (primary N) is 1. The highest BCUT2D eigenvalue weighted by Gasteiger charge is 2.17. The molecule has 1 amide bonds. The number of hydrogen-bond acceptors (Lipinski definition) is 3. The van der Waals surface area contributed by atoms with Gasteiger partial charge in [0, 0.05) is 20.1 Å². The van der Waals surface area contributed by atoms with Gasteiger partial charge in [0.2, 0.25) is 0 Å². The topological polar surface area (TPSA) is 66.6 Å². The van der Waals surface area contributed by atoms with Crippen LogP contribution in [-0.2, 0) is 11.3 Å². The van der Waals surface area contributed by atoms with Gasteiger partial charge in [-0.3, -0.25) is 4.79 Å². The van der Waals surface area contributed by atoms with Crippen LogP contribution in [0.4, 0.5) is 4.39 Å². The van der Waals surface area contributed by atoms with Gasteiger partial charge in [0.25, 0.3) is 5.91 Å². The molecule has 0 aliphatic rings. The van der Waals surface area contributed by atoms with E-state index in [2.05, 4.69) is 0 Å². The van der Waals surface area contributed by atoms with Crippen molar-refractivity contribution >= 4 is 5.91 Å². The zero-order valence-corrected chi connectivity index (χ0v) is 9.06. The van der Waals surface area contributed by atoms with E-state index in [4.69, 9.17) is 5.73 Å². The van der Waals surface area contributed by atoms with E-state index in [9.17, 15) is 14.3 Å². The van der Waals surface area contributed by atoms with E-state index in [-0.39, 0.29) is 12.4 Å². The molecule has 1 aromatic rings. The van der Waals surface area contributed by atoms with Crippen LogP contribution in [0.5, 0.6) is 0 Å². The summed E-state index contributed by atoms with van der Waals surface area (Å²) in [6.07, 6.45) is -1.18. The molecule has 0 heterocycles. The van der Waals surface area contributed by atoms with E-state index < -0.39 is 12.0 Å². The Hall–Kier alpha value is -1.46. The van der Waals surface area contributed by atoms with E-state index in [1.54, 1.807) is 19.2 Å². The third-order valence-corrected chi connectivity index (χ3v) is 2.22. The highest BCUT2D eigenvalue weighted by Crippen LogP contribution is 2.06. The van der Waals surface area contributed by atoms with Crippen molar-refractivity contribution in [2.45, 2.75) is 12.6 Å². The average molecular weight is 226 g/mol. The molecule has 0 spiro atoms. The molecule has 0 aromatic heterocycles. The van der Waals surface area contributed by atoms with Gasteiger partial charge >= 0.3 is 0 Å². The van der Waals surface area contributed by atoms with Gasteiger partial charge in [-0.05, 0) is 17.7 Å². The van der Waals surface area contributed by atoms with Crippen molar-refractivity contribution in [3.05, 3.63) is 35.6 Å². The number of halogens is 1. The molecule has 1 aromatic carbocycles. The van der Waals surface area contributed by atoms with Gasteiger partial charge in [0.05, 0.1) is 0 Å². The van der Waals surface area contributed by atoms with Crippen molar-refractivity contribution in [3.63, 3.8) is 0 Å². The van der Waals surface area contributed by atoms with Gasteiger partial charge in [-0.25, -0.2) is 4.39 Å². The SMILES string of the molecule is CN(Cc1ccc(F)cc1)C(=O)C(O)CN. The molecule has 4 nitrogen and oxygen atoms in total. The van der Waals surface area contributed by atoms with Crippen LogP contribution in [0.1, 0.15) is 5.56 Å². The summed E-state index contributed by atoms with van der Waals surface area (Å²) in [6.45, 7) is 0.211. The molecular formula is C11H15FN2O2. The van der Waals surface area contributed by atoms with E-state index in [1.165, 1.54) is 17.0 Å². The van der Waals surface area contributed by atoms with Gasteiger partial charge in [-0.2, -0.15) is 0 Å². The van der Waals surface area contributed by atoms with Crippen LogP contribution in [0.15, 0.2) is 24.3 Å². The monoisotopic (exact) mass is 226 g/mol. The maximum Gasteiger partial charge on any atom is 0.252 e. The van der Waals surface area contributed by atoms with Crippen molar-refractivity contribution in [2.75, 3.05) is 13.6 Å². The van der Waals surface area contributed by atoms with Gasteiger partial charge in [-0.1, -0.05) is 12.1 Å². The summed E-state index contributed by atoms with van der Waals surface area (Å²) in [7, 11) is 1.56. The first-order chi connectivity index (χ1) is 7.54. The molecule has 16 heavy (non-hydrogen) atoms. The summed E-state index contributed by atoms with van der Waals surface area (Å²) < 4.78 is 12.6. The molecule has 3 N–H and O–H groups in total. The van der Waals surface area contributed by atoms with Crippen LogP contribution in [0, 0.1) is 5.82 Å². The quantitative estimate of drug-likeness (QED) is 0.765. The van der Waals surface area contributed by atoms with Crippen LogP contribution in [0.2, 0.25) is 0 Å². The molecular weight excluding hydrogens is 211 g/mol. The predicted octanol–water partition coefficient (Wildman–Crippen LogP) is 0.104. The van der Waals surface area contributed by atoms with Crippen molar-refractivity contribution in [3.8, 4) is 0 Å². The lowest BCUT2D eigenvalue weighted by Gasteiger charge is -2.19. The lowest BCUT2D eigenvalue weighted by Crippen LogP contribution is -2.40. The maximum absolute atomic E-state index is 12.6. The maximum atomic E-state index is 12.6. The molecule has 0 aliphatic heterocycles. The largest absolute Gasteiger partial charge is 0.382 e. The minimum atomic E-state index is -1.18. The van der Waals surface area contributed by atoms with E-state index in [0.29, 0.717) is 6.54 Å². The van der Waals surface area contributed by atoms with Crippen molar-refractivity contribution in [2.24, 2.45) is 5.73 Å². The molecule has 0 bridgehead atoms. The van der Waals surface area contributed by atoms with Gasteiger partial charge in [0.15, 0.2) is 0 Å². The zero-order chi connectivity index (χ0) is 12.1. The van der Waals surface area contributed by atoms with Gasteiger partial charge in [0.1, 0.15) is 11.9 Å². The normalized spacial score (nSPS) is 12.2. The Morgan fingerprint density at radius 2 is 2.06 bits per heavy atom. The zero-order valence-electron chi connectivity index (χ0n) is 9.06. The molecule has 0 saturated carbocycles. The second-order valence-corrected chi connectivity index (χ2v) is 3.57. The number of benzene rings is 1. The van der Waals surface area contributed by atoms with Crippen LogP contribution in [-0.4, -0.2) is 35.6 Å². The molecule has 88 valence electrons. The lowest BCUT2D eigenvalue weighted by molar-refractivity contribution is -0.138. The second-order valence-electron chi connectivity index (χ2n) is 3.57. The first-order valence-corrected chi connectivity index (χ1v) is 4.92. The summed E-state index contributed by atoms with van der Waals surface area (Å²) in [5.41, 5.74) is 5.97. The summed E-state index contributed by atoms with van der Waals surface area (Å²) in [5.74, 6) is -0.758. The van der Waals surface area contributed by atoms with Crippen molar-refractivity contribution in [1.82, 2.24) is 4.90 Å². The Morgan fingerprint density at radius 1 is 1.50 bits per heavy atom. The van der Waals surface area contributed by atoms with Crippen LogP contribution >= 0.6 is 0 Å². The lowest BCUT2D eigenvalue weighted by atomic mass is 10.2. The number of hydrogen-bond donors (Lipinski definition) is 2. The third kappa shape index (κ3) is 3.29. The summed E-state index contributed by atoms with van der Waals surface area (Å²) in [6, 6.07) is 5.84. The molecule has 0 saturated heterocycles. The van der Waals surface area contributed by atoms with Gasteiger partial charge < -0.3 is 15.7 Å². The van der Waals surface area contributed by atoms with Crippen molar-refractivity contribution in [1.29, 1.82) is 0 Å². The standard InChI is InChI=1S/C11H15FN2O2/c1-14(11(16)10(15)6-13)7-8-2-4-9(12)5-3-8/h2-5,10,15H,6-7,13H2,1H3. The Labute approximate surface area is 93.5 Å². The van der Waals surface area contributed by atoms with Gasteiger partial charge in [-0.15, -0.1) is 0 Å². The average Bonchev–Trinajstić information content (AvgIpc) is 2.30. The molecule has 1 unspecified atom stereocenters. The predicted molar refractivity (Wildman–Crippen MR) is 57.9 cm³/mol.